The molecule has 1 unspecified atom stereocenters. The molecule has 0 radical (unpaired) electrons. The molecule has 1 aliphatic heterocycles. The fourth-order valence-corrected chi connectivity index (χ4v) is 2.07. The first kappa shape index (κ1) is 10.9. The molecule has 1 fully saturated rings. The van der Waals surface area contributed by atoms with Crippen LogP contribution in [-0.2, 0) is 4.74 Å². The van der Waals surface area contributed by atoms with Gasteiger partial charge in [0, 0.05) is 12.7 Å². The summed E-state index contributed by atoms with van der Waals surface area (Å²) in [7, 11) is 0. The zero-order valence-electron chi connectivity index (χ0n) is 9.43. The number of carbonyl (C=O) groups excluding carboxylic acids is 1. The molecule has 16 heavy (non-hydrogen) atoms. The fourth-order valence-electron chi connectivity index (χ4n) is 2.07. The minimum absolute atomic E-state index is 0.0836. The minimum Gasteiger partial charge on any atom is -0.450 e. The molecule has 4 nitrogen and oxygen atoms in total. The van der Waals surface area contributed by atoms with E-state index in [1.54, 1.807) is 11.1 Å². The predicted molar refractivity (Wildman–Crippen MR) is 59.9 cm³/mol. The molecule has 0 aliphatic carbocycles. The maximum Gasteiger partial charge on any atom is 0.410 e. The molecular weight excluding hydrogens is 204 g/mol. The molecule has 1 aromatic rings. The van der Waals surface area contributed by atoms with Crippen LogP contribution in [0.5, 0.6) is 0 Å². The molecule has 2 rings (SSSR count). The maximum absolute atomic E-state index is 11.7. The third-order valence-corrected chi connectivity index (χ3v) is 2.78. The SMILES string of the molecule is CCOC(=O)N1CCCC1c1ccccn1. The van der Waals surface area contributed by atoms with Gasteiger partial charge in [-0.05, 0) is 31.9 Å². The average Bonchev–Trinajstić information content (AvgIpc) is 2.79. The zero-order valence-corrected chi connectivity index (χ0v) is 9.43. The van der Waals surface area contributed by atoms with Crippen molar-refractivity contribution in [1.29, 1.82) is 0 Å². The van der Waals surface area contributed by atoms with E-state index in [0.29, 0.717) is 6.61 Å². The highest BCUT2D eigenvalue weighted by molar-refractivity contribution is 5.68. The van der Waals surface area contributed by atoms with E-state index in [-0.39, 0.29) is 12.1 Å². The summed E-state index contributed by atoms with van der Waals surface area (Å²) in [6, 6.07) is 5.87. The van der Waals surface area contributed by atoms with Crippen molar-refractivity contribution in [3.8, 4) is 0 Å². The number of rotatable bonds is 2. The van der Waals surface area contributed by atoms with Gasteiger partial charge in [-0.3, -0.25) is 9.88 Å². The van der Waals surface area contributed by atoms with E-state index in [1.807, 2.05) is 25.1 Å². The summed E-state index contributed by atoms with van der Waals surface area (Å²) in [5.41, 5.74) is 0.952. The van der Waals surface area contributed by atoms with Gasteiger partial charge in [0.1, 0.15) is 0 Å². The third-order valence-electron chi connectivity index (χ3n) is 2.78. The van der Waals surface area contributed by atoms with E-state index in [9.17, 15) is 4.79 Å². The summed E-state index contributed by atoms with van der Waals surface area (Å²) in [6.45, 7) is 3.01. The van der Waals surface area contributed by atoms with Gasteiger partial charge in [0.2, 0.25) is 0 Å². The Kier molecular flexibility index (Phi) is 3.39. The van der Waals surface area contributed by atoms with E-state index < -0.39 is 0 Å². The van der Waals surface area contributed by atoms with Crippen molar-refractivity contribution < 1.29 is 9.53 Å². The number of ether oxygens (including phenoxy) is 1. The first-order valence-electron chi connectivity index (χ1n) is 5.67. The number of hydrogen-bond acceptors (Lipinski definition) is 3. The van der Waals surface area contributed by atoms with Crippen LogP contribution in [-0.4, -0.2) is 29.1 Å². The van der Waals surface area contributed by atoms with Crippen LogP contribution >= 0.6 is 0 Å². The number of hydrogen-bond donors (Lipinski definition) is 0. The standard InChI is InChI=1S/C12H16N2O2/c1-2-16-12(15)14-9-5-7-11(14)10-6-3-4-8-13-10/h3-4,6,8,11H,2,5,7,9H2,1H3. The van der Waals surface area contributed by atoms with E-state index in [1.165, 1.54) is 0 Å². The Morgan fingerprint density at radius 3 is 3.19 bits per heavy atom. The predicted octanol–water partition coefficient (Wildman–Crippen LogP) is 2.38. The lowest BCUT2D eigenvalue weighted by Gasteiger charge is -2.23. The van der Waals surface area contributed by atoms with Gasteiger partial charge in [0.25, 0.3) is 0 Å². The van der Waals surface area contributed by atoms with Crippen molar-refractivity contribution in [2.45, 2.75) is 25.8 Å². The highest BCUT2D eigenvalue weighted by atomic mass is 16.6. The number of nitrogens with zero attached hydrogens (tertiary/aromatic N) is 2. The molecule has 1 aliphatic rings. The van der Waals surface area contributed by atoms with Gasteiger partial charge >= 0.3 is 6.09 Å². The number of aromatic nitrogens is 1. The van der Waals surface area contributed by atoms with Gasteiger partial charge in [0.05, 0.1) is 18.3 Å². The summed E-state index contributed by atoms with van der Waals surface area (Å²) in [4.78, 5) is 17.8. The second-order valence-electron chi connectivity index (χ2n) is 3.80. The Hall–Kier alpha value is -1.58. The molecule has 0 aromatic carbocycles. The molecule has 1 atom stereocenters. The molecule has 1 saturated heterocycles. The van der Waals surface area contributed by atoms with Gasteiger partial charge in [0.15, 0.2) is 0 Å². The summed E-state index contributed by atoms with van der Waals surface area (Å²) in [5.74, 6) is 0. The van der Waals surface area contributed by atoms with Crippen LogP contribution in [0.25, 0.3) is 0 Å². The Labute approximate surface area is 95.2 Å². The van der Waals surface area contributed by atoms with Crippen molar-refractivity contribution in [2.75, 3.05) is 13.2 Å². The highest BCUT2D eigenvalue weighted by Gasteiger charge is 2.31. The lowest BCUT2D eigenvalue weighted by molar-refractivity contribution is 0.102. The Morgan fingerprint density at radius 1 is 1.62 bits per heavy atom. The third kappa shape index (κ3) is 2.15. The van der Waals surface area contributed by atoms with Crippen molar-refractivity contribution >= 4 is 6.09 Å². The number of pyridine rings is 1. The van der Waals surface area contributed by atoms with Crippen LogP contribution in [0.2, 0.25) is 0 Å². The Bertz CT molecular complexity index is 353. The monoisotopic (exact) mass is 220 g/mol. The average molecular weight is 220 g/mol. The van der Waals surface area contributed by atoms with E-state index >= 15 is 0 Å². The summed E-state index contributed by atoms with van der Waals surface area (Å²) in [5, 5.41) is 0. The van der Waals surface area contributed by atoms with Crippen LogP contribution < -0.4 is 0 Å². The van der Waals surface area contributed by atoms with Crippen LogP contribution in [0.1, 0.15) is 31.5 Å². The fraction of sp³-hybridized carbons (Fsp3) is 0.500. The number of amides is 1. The molecule has 0 spiro atoms. The van der Waals surface area contributed by atoms with E-state index in [2.05, 4.69) is 4.98 Å². The lowest BCUT2D eigenvalue weighted by atomic mass is 10.1. The number of likely N-dealkylation sites (tertiary alicyclic amines) is 1. The first-order valence-corrected chi connectivity index (χ1v) is 5.67. The van der Waals surface area contributed by atoms with Crippen molar-refractivity contribution in [2.24, 2.45) is 0 Å². The topological polar surface area (TPSA) is 42.4 Å². The quantitative estimate of drug-likeness (QED) is 0.768. The Balaban J connectivity index is 2.12. The van der Waals surface area contributed by atoms with Crippen LogP contribution in [0.3, 0.4) is 0 Å². The van der Waals surface area contributed by atoms with Crippen LogP contribution in [0.15, 0.2) is 24.4 Å². The van der Waals surface area contributed by atoms with Crippen LogP contribution in [0, 0.1) is 0 Å². The molecule has 1 amide bonds. The normalized spacial score (nSPS) is 19.8. The van der Waals surface area contributed by atoms with Gasteiger partial charge in [-0.1, -0.05) is 6.07 Å². The highest BCUT2D eigenvalue weighted by Crippen LogP contribution is 2.30. The van der Waals surface area contributed by atoms with Crippen molar-refractivity contribution in [3.63, 3.8) is 0 Å². The smallest absolute Gasteiger partial charge is 0.410 e. The molecular formula is C12H16N2O2. The van der Waals surface area contributed by atoms with E-state index in [4.69, 9.17) is 4.74 Å². The van der Waals surface area contributed by atoms with Gasteiger partial charge in [-0.15, -0.1) is 0 Å². The molecule has 0 N–H and O–H groups in total. The molecule has 2 heterocycles. The van der Waals surface area contributed by atoms with Gasteiger partial charge < -0.3 is 4.74 Å². The zero-order chi connectivity index (χ0) is 11.4. The largest absolute Gasteiger partial charge is 0.450 e. The van der Waals surface area contributed by atoms with Crippen LogP contribution in [0.4, 0.5) is 4.79 Å². The maximum atomic E-state index is 11.7. The minimum atomic E-state index is -0.226. The molecule has 4 heteroatoms. The molecule has 86 valence electrons. The van der Waals surface area contributed by atoms with E-state index in [0.717, 1.165) is 25.1 Å². The summed E-state index contributed by atoms with van der Waals surface area (Å²) in [6.07, 6.45) is 3.52. The molecule has 0 bridgehead atoms. The summed E-state index contributed by atoms with van der Waals surface area (Å²) < 4.78 is 5.04. The second kappa shape index (κ2) is 4.96. The Morgan fingerprint density at radius 2 is 2.50 bits per heavy atom. The molecule has 1 aromatic heterocycles. The van der Waals surface area contributed by atoms with Gasteiger partial charge in [-0.2, -0.15) is 0 Å². The lowest BCUT2D eigenvalue weighted by Crippen LogP contribution is -2.31. The van der Waals surface area contributed by atoms with Crippen molar-refractivity contribution in [3.05, 3.63) is 30.1 Å². The summed E-state index contributed by atoms with van der Waals surface area (Å²) >= 11 is 0. The second-order valence-corrected chi connectivity index (χ2v) is 3.80. The van der Waals surface area contributed by atoms with Gasteiger partial charge in [-0.25, -0.2) is 4.79 Å². The first-order chi connectivity index (χ1) is 7.83. The number of carbonyl (C=O) groups is 1. The molecule has 0 saturated carbocycles. The van der Waals surface area contributed by atoms with Crippen molar-refractivity contribution in [1.82, 2.24) is 9.88 Å².